The summed E-state index contributed by atoms with van der Waals surface area (Å²) in [6.07, 6.45) is -2.62. The third-order valence-electron chi connectivity index (χ3n) is 3.24. The van der Waals surface area contributed by atoms with Crippen molar-refractivity contribution in [3.8, 4) is 0 Å². The number of hydrogen-bond acceptors (Lipinski definition) is 4. The van der Waals surface area contributed by atoms with Crippen LogP contribution in [0.25, 0.3) is 0 Å². The van der Waals surface area contributed by atoms with E-state index >= 15 is 0 Å². The summed E-state index contributed by atoms with van der Waals surface area (Å²) in [5.41, 5.74) is 0.0209. The van der Waals surface area contributed by atoms with Crippen LogP contribution in [0.3, 0.4) is 0 Å². The van der Waals surface area contributed by atoms with Crippen LogP contribution >= 0.6 is 0 Å². The molecule has 1 aromatic carbocycles. The average molecular weight is 308 g/mol. The maximum absolute atomic E-state index is 12.9. The minimum atomic E-state index is -4.49. The van der Waals surface area contributed by atoms with Crippen molar-refractivity contribution in [2.75, 3.05) is 10.6 Å². The number of anilines is 2. The van der Waals surface area contributed by atoms with Gasteiger partial charge in [0.25, 0.3) is 0 Å². The van der Waals surface area contributed by atoms with Gasteiger partial charge in [-0.3, -0.25) is 0 Å². The summed E-state index contributed by atoms with van der Waals surface area (Å²) >= 11 is 0. The molecule has 0 saturated heterocycles. The Balaban J connectivity index is 1.79. The van der Waals surface area contributed by atoms with Gasteiger partial charge < -0.3 is 10.6 Å². The van der Waals surface area contributed by atoms with E-state index in [-0.39, 0.29) is 17.8 Å². The van der Waals surface area contributed by atoms with Crippen LogP contribution in [0, 0.1) is 0 Å². The summed E-state index contributed by atoms with van der Waals surface area (Å²) < 4.78 is 38.8. The van der Waals surface area contributed by atoms with Crippen molar-refractivity contribution in [3.05, 3.63) is 47.7 Å². The van der Waals surface area contributed by atoms with Gasteiger partial charge in [-0.1, -0.05) is 30.3 Å². The molecule has 1 heterocycles. The molecule has 0 aliphatic heterocycles. The van der Waals surface area contributed by atoms with Crippen LogP contribution in [-0.2, 0) is 12.7 Å². The maximum Gasteiger partial charge on any atom is 0.433 e. The Kier molecular flexibility index (Phi) is 3.87. The number of aromatic nitrogens is 2. The summed E-state index contributed by atoms with van der Waals surface area (Å²) in [4.78, 5) is 7.66. The lowest BCUT2D eigenvalue weighted by Crippen LogP contribution is -2.15. The molecule has 0 amide bonds. The van der Waals surface area contributed by atoms with Gasteiger partial charge in [0.15, 0.2) is 5.69 Å². The highest BCUT2D eigenvalue weighted by molar-refractivity contribution is 5.44. The van der Waals surface area contributed by atoms with Gasteiger partial charge in [-0.25, -0.2) is 4.98 Å². The molecule has 1 aliphatic rings. The highest BCUT2D eigenvalue weighted by Gasteiger charge is 2.34. The van der Waals surface area contributed by atoms with Crippen molar-refractivity contribution in [2.45, 2.75) is 31.6 Å². The molecular formula is C15H15F3N4. The van der Waals surface area contributed by atoms with Crippen molar-refractivity contribution in [2.24, 2.45) is 0 Å². The zero-order valence-corrected chi connectivity index (χ0v) is 11.7. The zero-order chi connectivity index (χ0) is 15.6. The van der Waals surface area contributed by atoms with Gasteiger partial charge in [-0.05, 0) is 18.4 Å². The third-order valence-corrected chi connectivity index (χ3v) is 3.24. The second kappa shape index (κ2) is 5.82. The van der Waals surface area contributed by atoms with E-state index in [9.17, 15) is 13.2 Å². The SMILES string of the molecule is FC(F)(F)c1cc(NCc2ccccc2)nc(NC2CC2)n1. The van der Waals surface area contributed by atoms with E-state index in [1.165, 1.54) is 0 Å². The molecule has 2 N–H and O–H groups in total. The first-order valence-electron chi connectivity index (χ1n) is 7.01. The highest BCUT2D eigenvalue weighted by atomic mass is 19.4. The fourth-order valence-corrected chi connectivity index (χ4v) is 1.95. The predicted molar refractivity (Wildman–Crippen MR) is 77.4 cm³/mol. The van der Waals surface area contributed by atoms with E-state index < -0.39 is 11.9 Å². The van der Waals surface area contributed by atoms with Crippen LogP contribution in [0.1, 0.15) is 24.1 Å². The Labute approximate surface area is 125 Å². The topological polar surface area (TPSA) is 49.8 Å². The molecule has 0 atom stereocenters. The maximum atomic E-state index is 12.9. The van der Waals surface area contributed by atoms with Crippen LogP contribution in [0.5, 0.6) is 0 Å². The van der Waals surface area contributed by atoms with Gasteiger partial charge in [-0.15, -0.1) is 0 Å². The number of benzene rings is 1. The number of halogens is 3. The van der Waals surface area contributed by atoms with E-state index in [1.807, 2.05) is 30.3 Å². The summed E-state index contributed by atoms with van der Waals surface area (Å²) in [6, 6.07) is 10.5. The molecule has 2 aromatic rings. The van der Waals surface area contributed by atoms with Gasteiger partial charge in [0.2, 0.25) is 5.95 Å². The largest absolute Gasteiger partial charge is 0.433 e. The average Bonchev–Trinajstić information content (AvgIpc) is 3.29. The van der Waals surface area contributed by atoms with E-state index in [1.54, 1.807) is 0 Å². The molecule has 3 rings (SSSR count). The molecule has 1 aliphatic carbocycles. The highest BCUT2D eigenvalue weighted by Crippen LogP contribution is 2.31. The van der Waals surface area contributed by atoms with Crippen molar-refractivity contribution in [3.63, 3.8) is 0 Å². The molecule has 7 heteroatoms. The number of nitrogens with zero attached hydrogens (tertiary/aromatic N) is 2. The van der Waals surface area contributed by atoms with Gasteiger partial charge >= 0.3 is 6.18 Å². The van der Waals surface area contributed by atoms with Gasteiger partial charge in [0.1, 0.15) is 5.82 Å². The fraction of sp³-hybridized carbons (Fsp3) is 0.333. The Morgan fingerprint density at radius 2 is 1.82 bits per heavy atom. The van der Waals surface area contributed by atoms with Gasteiger partial charge in [0, 0.05) is 18.7 Å². The van der Waals surface area contributed by atoms with Crippen LogP contribution in [0.2, 0.25) is 0 Å². The number of rotatable bonds is 5. The molecule has 0 unspecified atom stereocenters. The van der Waals surface area contributed by atoms with E-state index in [0.717, 1.165) is 24.5 Å². The van der Waals surface area contributed by atoms with Crippen LogP contribution in [0.15, 0.2) is 36.4 Å². The van der Waals surface area contributed by atoms with E-state index in [2.05, 4.69) is 20.6 Å². The molecule has 1 aromatic heterocycles. The minimum Gasteiger partial charge on any atom is -0.366 e. The minimum absolute atomic E-state index is 0.0212. The first-order chi connectivity index (χ1) is 10.5. The molecule has 22 heavy (non-hydrogen) atoms. The summed E-state index contributed by atoms with van der Waals surface area (Å²) in [7, 11) is 0. The van der Waals surface area contributed by atoms with Gasteiger partial charge in [0.05, 0.1) is 0 Å². The van der Waals surface area contributed by atoms with Crippen molar-refractivity contribution in [1.82, 2.24) is 9.97 Å². The van der Waals surface area contributed by atoms with Crippen LogP contribution in [-0.4, -0.2) is 16.0 Å². The van der Waals surface area contributed by atoms with Crippen molar-refractivity contribution in [1.29, 1.82) is 0 Å². The lowest BCUT2D eigenvalue weighted by Gasteiger charge is -2.12. The van der Waals surface area contributed by atoms with Crippen molar-refractivity contribution < 1.29 is 13.2 Å². The molecule has 0 radical (unpaired) electrons. The number of hydrogen-bond donors (Lipinski definition) is 2. The molecule has 0 bridgehead atoms. The number of alkyl halides is 3. The Morgan fingerprint density at radius 1 is 1.09 bits per heavy atom. The molecule has 0 spiro atoms. The second-order valence-corrected chi connectivity index (χ2v) is 5.22. The summed E-state index contributed by atoms with van der Waals surface area (Å²) in [6.45, 7) is 0.401. The van der Waals surface area contributed by atoms with Gasteiger partial charge in [-0.2, -0.15) is 18.2 Å². The smallest absolute Gasteiger partial charge is 0.366 e. The Hall–Kier alpha value is -2.31. The summed E-state index contributed by atoms with van der Waals surface area (Å²) in [5, 5.41) is 5.82. The lowest BCUT2D eigenvalue weighted by atomic mass is 10.2. The fourth-order valence-electron chi connectivity index (χ4n) is 1.95. The monoisotopic (exact) mass is 308 g/mol. The molecule has 1 fully saturated rings. The van der Waals surface area contributed by atoms with Crippen molar-refractivity contribution >= 4 is 11.8 Å². The quantitative estimate of drug-likeness (QED) is 0.884. The Morgan fingerprint density at radius 3 is 2.45 bits per heavy atom. The first kappa shape index (κ1) is 14.6. The first-order valence-corrected chi connectivity index (χ1v) is 7.01. The predicted octanol–water partition coefficient (Wildman–Crippen LogP) is 3.68. The molecule has 4 nitrogen and oxygen atoms in total. The third kappa shape index (κ3) is 3.87. The van der Waals surface area contributed by atoms with E-state index in [0.29, 0.717) is 6.54 Å². The zero-order valence-electron chi connectivity index (χ0n) is 11.7. The Bertz CT molecular complexity index is 639. The molecule has 1 saturated carbocycles. The normalized spacial score (nSPS) is 14.7. The second-order valence-electron chi connectivity index (χ2n) is 5.22. The van der Waals surface area contributed by atoms with Crippen LogP contribution in [0.4, 0.5) is 24.9 Å². The van der Waals surface area contributed by atoms with Crippen LogP contribution < -0.4 is 10.6 Å². The number of nitrogens with one attached hydrogen (secondary N) is 2. The molecule has 116 valence electrons. The molecular weight excluding hydrogens is 293 g/mol. The lowest BCUT2D eigenvalue weighted by molar-refractivity contribution is -0.141. The summed E-state index contributed by atoms with van der Waals surface area (Å²) in [5.74, 6) is 0.183. The van der Waals surface area contributed by atoms with E-state index in [4.69, 9.17) is 0 Å². The standard InChI is InChI=1S/C15H15F3N4/c16-15(17,18)12-8-13(19-9-10-4-2-1-3-5-10)22-14(21-12)20-11-6-7-11/h1-5,8,11H,6-7,9H2,(H2,19,20,21,22).